The molecular weight excluding hydrogens is 318 g/mol. The Morgan fingerprint density at radius 2 is 2.25 bits per heavy atom. The third-order valence-corrected chi connectivity index (χ3v) is 4.24. The SMILES string of the molecule is CNCCc1c(Br)c(-c2ccc3nc[nH]c3c2)nn1C. The van der Waals surface area contributed by atoms with Crippen molar-refractivity contribution in [3.8, 4) is 11.3 Å². The maximum atomic E-state index is 4.63. The van der Waals surface area contributed by atoms with Gasteiger partial charge in [0.1, 0.15) is 5.69 Å². The molecule has 0 aliphatic carbocycles. The smallest absolute Gasteiger partial charge is 0.107 e. The monoisotopic (exact) mass is 333 g/mol. The van der Waals surface area contributed by atoms with E-state index in [4.69, 9.17) is 0 Å². The maximum Gasteiger partial charge on any atom is 0.107 e. The Hall–Kier alpha value is -1.66. The lowest BCUT2D eigenvalue weighted by Crippen LogP contribution is -2.12. The molecule has 2 aromatic heterocycles. The van der Waals surface area contributed by atoms with Gasteiger partial charge in [0.15, 0.2) is 0 Å². The second-order valence-corrected chi connectivity index (χ2v) is 5.51. The quantitative estimate of drug-likeness (QED) is 0.771. The number of hydrogen-bond donors (Lipinski definition) is 2. The molecule has 6 heteroatoms. The second kappa shape index (κ2) is 5.38. The van der Waals surface area contributed by atoms with E-state index in [2.05, 4.69) is 48.4 Å². The molecular formula is C14H16BrN5. The van der Waals surface area contributed by atoms with Gasteiger partial charge in [-0.3, -0.25) is 4.68 Å². The Bertz CT molecular complexity index is 743. The van der Waals surface area contributed by atoms with Gasteiger partial charge in [-0.2, -0.15) is 5.10 Å². The van der Waals surface area contributed by atoms with E-state index in [-0.39, 0.29) is 0 Å². The molecule has 0 radical (unpaired) electrons. The molecule has 0 fully saturated rings. The van der Waals surface area contributed by atoms with Gasteiger partial charge < -0.3 is 10.3 Å². The summed E-state index contributed by atoms with van der Waals surface area (Å²) in [6, 6.07) is 6.14. The highest BCUT2D eigenvalue weighted by Gasteiger charge is 2.15. The lowest BCUT2D eigenvalue weighted by atomic mass is 10.1. The topological polar surface area (TPSA) is 58.5 Å². The number of aryl methyl sites for hydroxylation is 1. The number of benzene rings is 1. The minimum atomic E-state index is 0.928. The van der Waals surface area contributed by atoms with Gasteiger partial charge >= 0.3 is 0 Å². The molecule has 3 rings (SSSR count). The fourth-order valence-corrected chi connectivity index (χ4v) is 3.08. The second-order valence-electron chi connectivity index (χ2n) is 4.72. The van der Waals surface area contributed by atoms with Crippen LogP contribution in [0.15, 0.2) is 29.0 Å². The molecule has 2 N–H and O–H groups in total. The van der Waals surface area contributed by atoms with Crippen LogP contribution in [-0.2, 0) is 13.5 Å². The van der Waals surface area contributed by atoms with Crippen LogP contribution in [0.1, 0.15) is 5.69 Å². The van der Waals surface area contributed by atoms with E-state index in [1.165, 1.54) is 5.69 Å². The van der Waals surface area contributed by atoms with Crippen molar-refractivity contribution in [3.05, 3.63) is 34.7 Å². The van der Waals surface area contributed by atoms with Crippen LogP contribution in [0, 0.1) is 0 Å². The minimum Gasteiger partial charge on any atom is -0.345 e. The molecule has 2 heterocycles. The summed E-state index contributed by atoms with van der Waals surface area (Å²) >= 11 is 3.69. The maximum absolute atomic E-state index is 4.63. The summed E-state index contributed by atoms with van der Waals surface area (Å²) in [4.78, 5) is 7.37. The van der Waals surface area contributed by atoms with Crippen molar-refractivity contribution in [2.75, 3.05) is 13.6 Å². The number of aromatic nitrogens is 4. The number of aromatic amines is 1. The highest BCUT2D eigenvalue weighted by molar-refractivity contribution is 9.10. The van der Waals surface area contributed by atoms with Crippen LogP contribution in [0.4, 0.5) is 0 Å². The minimum absolute atomic E-state index is 0.928. The van der Waals surface area contributed by atoms with Gasteiger partial charge in [0, 0.05) is 25.6 Å². The van der Waals surface area contributed by atoms with Crippen molar-refractivity contribution in [2.24, 2.45) is 7.05 Å². The highest BCUT2D eigenvalue weighted by atomic mass is 79.9. The first-order valence-corrected chi connectivity index (χ1v) is 7.29. The van der Waals surface area contributed by atoms with Crippen LogP contribution < -0.4 is 5.32 Å². The molecule has 0 saturated heterocycles. The first-order chi connectivity index (χ1) is 9.70. The van der Waals surface area contributed by atoms with Gasteiger partial charge in [0.25, 0.3) is 0 Å². The van der Waals surface area contributed by atoms with E-state index in [9.17, 15) is 0 Å². The van der Waals surface area contributed by atoms with Crippen LogP contribution in [0.3, 0.4) is 0 Å². The number of fused-ring (bicyclic) bond motifs is 1. The molecule has 3 aromatic rings. The molecule has 0 aliphatic rings. The van der Waals surface area contributed by atoms with Gasteiger partial charge in [0.2, 0.25) is 0 Å². The Kier molecular flexibility index (Phi) is 3.58. The van der Waals surface area contributed by atoms with Crippen molar-refractivity contribution < 1.29 is 0 Å². The third kappa shape index (κ3) is 2.25. The van der Waals surface area contributed by atoms with Crippen molar-refractivity contribution in [2.45, 2.75) is 6.42 Å². The number of hydrogen-bond acceptors (Lipinski definition) is 3. The molecule has 1 aromatic carbocycles. The molecule has 0 saturated carbocycles. The fraction of sp³-hybridized carbons (Fsp3) is 0.286. The Morgan fingerprint density at radius 3 is 3.05 bits per heavy atom. The van der Waals surface area contributed by atoms with Gasteiger partial charge in [-0.15, -0.1) is 0 Å². The Balaban J connectivity index is 2.04. The lowest BCUT2D eigenvalue weighted by Gasteiger charge is -2.01. The summed E-state index contributed by atoms with van der Waals surface area (Å²) in [6.07, 6.45) is 2.65. The zero-order valence-corrected chi connectivity index (χ0v) is 13.0. The van der Waals surface area contributed by atoms with E-state index in [1.807, 2.05) is 24.8 Å². The molecule has 0 spiro atoms. The summed E-state index contributed by atoms with van der Waals surface area (Å²) < 4.78 is 3.00. The van der Waals surface area contributed by atoms with E-state index >= 15 is 0 Å². The average Bonchev–Trinajstić information content (AvgIpc) is 3.01. The van der Waals surface area contributed by atoms with E-state index in [0.717, 1.165) is 39.7 Å². The predicted octanol–water partition coefficient (Wildman–Crippen LogP) is 2.49. The van der Waals surface area contributed by atoms with E-state index in [0.29, 0.717) is 0 Å². The number of rotatable bonds is 4. The third-order valence-electron chi connectivity index (χ3n) is 3.41. The summed E-state index contributed by atoms with van der Waals surface area (Å²) in [7, 11) is 3.94. The molecule has 0 bridgehead atoms. The number of halogens is 1. The largest absolute Gasteiger partial charge is 0.345 e. The molecule has 5 nitrogen and oxygen atoms in total. The average molecular weight is 334 g/mol. The molecule has 104 valence electrons. The summed E-state index contributed by atoms with van der Waals surface area (Å²) in [5, 5.41) is 7.80. The van der Waals surface area contributed by atoms with Crippen molar-refractivity contribution in [3.63, 3.8) is 0 Å². The number of nitrogens with one attached hydrogen (secondary N) is 2. The van der Waals surface area contributed by atoms with Crippen LogP contribution in [0.25, 0.3) is 22.3 Å². The van der Waals surface area contributed by atoms with E-state index in [1.54, 1.807) is 6.33 Å². The van der Waals surface area contributed by atoms with Crippen LogP contribution >= 0.6 is 15.9 Å². The zero-order chi connectivity index (χ0) is 14.1. The van der Waals surface area contributed by atoms with E-state index < -0.39 is 0 Å². The first kappa shape index (κ1) is 13.3. The van der Waals surface area contributed by atoms with Crippen LogP contribution in [0.2, 0.25) is 0 Å². The standard InChI is InChI=1S/C14H16BrN5/c1-16-6-5-12-13(15)14(19-20(12)2)9-3-4-10-11(7-9)18-8-17-10/h3-4,7-8,16H,5-6H2,1-2H3,(H,17,18). The molecule has 0 unspecified atom stereocenters. The Labute approximate surface area is 125 Å². The number of likely N-dealkylation sites (N-methyl/N-ethyl adjacent to an activating group) is 1. The molecule has 0 aliphatic heterocycles. The highest BCUT2D eigenvalue weighted by Crippen LogP contribution is 2.31. The van der Waals surface area contributed by atoms with Gasteiger partial charge in [-0.05, 0) is 35.1 Å². The molecule has 20 heavy (non-hydrogen) atoms. The first-order valence-electron chi connectivity index (χ1n) is 6.50. The fourth-order valence-electron chi connectivity index (χ4n) is 2.32. The number of imidazole rings is 1. The van der Waals surface area contributed by atoms with Crippen LogP contribution in [-0.4, -0.2) is 33.3 Å². The number of H-pyrrole nitrogens is 1. The van der Waals surface area contributed by atoms with Gasteiger partial charge in [-0.1, -0.05) is 6.07 Å². The molecule has 0 atom stereocenters. The summed E-state index contributed by atoms with van der Waals surface area (Å²) in [6.45, 7) is 0.928. The van der Waals surface area contributed by atoms with Crippen LogP contribution in [0.5, 0.6) is 0 Å². The summed E-state index contributed by atoms with van der Waals surface area (Å²) in [5.74, 6) is 0. The normalized spacial score (nSPS) is 11.3. The van der Waals surface area contributed by atoms with Gasteiger partial charge in [-0.25, -0.2) is 4.98 Å². The Morgan fingerprint density at radius 1 is 1.40 bits per heavy atom. The summed E-state index contributed by atoms with van der Waals surface area (Å²) in [5.41, 5.74) is 5.24. The molecule has 0 amide bonds. The predicted molar refractivity (Wildman–Crippen MR) is 83.6 cm³/mol. The number of nitrogens with zero attached hydrogens (tertiary/aromatic N) is 3. The van der Waals surface area contributed by atoms with Crippen molar-refractivity contribution in [1.29, 1.82) is 0 Å². The van der Waals surface area contributed by atoms with Crippen molar-refractivity contribution in [1.82, 2.24) is 25.1 Å². The zero-order valence-electron chi connectivity index (χ0n) is 11.4. The van der Waals surface area contributed by atoms with Gasteiger partial charge in [0.05, 0.1) is 27.5 Å². The van der Waals surface area contributed by atoms with Crippen molar-refractivity contribution >= 4 is 27.0 Å². The lowest BCUT2D eigenvalue weighted by molar-refractivity contribution is 0.681.